The molecule has 0 aromatic heterocycles. The highest BCUT2D eigenvalue weighted by molar-refractivity contribution is 8.86. The molecule has 0 N–H and O–H groups in total. The van der Waals surface area contributed by atoms with E-state index in [1.165, 1.54) is 22.6 Å². The predicted octanol–water partition coefficient (Wildman–Crippen LogP) is -0.467. The van der Waals surface area contributed by atoms with E-state index in [4.69, 9.17) is 0 Å². The molecule has 0 amide bonds. The first-order valence-electron chi connectivity index (χ1n) is 3.47. The summed E-state index contributed by atoms with van der Waals surface area (Å²) in [6.45, 7) is 3.76. The fraction of sp³-hybridized carbons (Fsp3) is 0.500. The Morgan fingerprint density at radius 3 is 2.36 bits per heavy atom. The summed E-state index contributed by atoms with van der Waals surface area (Å²) in [6.07, 6.45) is 1.83. The first-order chi connectivity index (χ1) is 6.35. The van der Waals surface area contributed by atoms with Crippen molar-refractivity contribution in [2.45, 2.75) is 13.8 Å². The zero-order valence-corrected chi connectivity index (χ0v) is 10.9. The second kappa shape index (κ2) is 4.75. The quantitative estimate of drug-likeness (QED) is 0.501. The van der Waals surface area contributed by atoms with Crippen molar-refractivity contribution in [3.63, 3.8) is 0 Å². The van der Waals surface area contributed by atoms with Crippen LogP contribution in [-0.4, -0.2) is 10.5 Å². The lowest BCUT2D eigenvalue weighted by Crippen LogP contribution is -2.60. The Morgan fingerprint density at radius 2 is 1.93 bits per heavy atom. The van der Waals surface area contributed by atoms with E-state index in [2.05, 4.69) is 3.74 Å². The Labute approximate surface area is 95.0 Å². The van der Waals surface area contributed by atoms with Crippen molar-refractivity contribution in [1.29, 1.82) is 0 Å². The smallest absolute Gasteiger partial charge is 0.182 e. The van der Waals surface area contributed by atoms with Gasteiger partial charge in [0.2, 0.25) is 0 Å². The van der Waals surface area contributed by atoms with Gasteiger partial charge in [-0.05, 0) is 41.4 Å². The Kier molecular flexibility index (Phi) is 4.36. The van der Waals surface area contributed by atoms with E-state index >= 15 is 0 Å². The molecule has 0 saturated heterocycles. The summed E-state index contributed by atoms with van der Waals surface area (Å²) >= 11 is 1.41. The van der Waals surface area contributed by atoms with Crippen LogP contribution in [0.1, 0.15) is 13.8 Å². The average Bonchev–Trinajstić information content (AvgIpc) is 2.24. The maximum absolute atomic E-state index is 10.4. The maximum Gasteiger partial charge on any atom is 0.186 e. The van der Waals surface area contributed by atoms with Gasteiger partial charge in [0.05, 0.1) is 14.4 Å². The molecule has 0 saturated carbocycles. The van der Waals surface area contributed by atoms with Crippen molar-refractivity contribution in [3.05, 3.63) is 10.5 Å². The Morgan fingerprint density at radius 1 is 1.36 bits per heavy atom. The van der Waals surface area contributed by atoms with Gasteiger partial charge in [-0.15, -0.1) is 11.8 Å². The minimum atomic E-state index is -4.35. The largest absolute Gasteiger partial charge is 0.186 e. The normalized spacial score (nSPS) is 23.6. The Bertz CT molecular complexity index is 307. The molecule has 0 aromatic carbocycles. The monoisotopic (exact) mass is 276 g/mol. The van der Waals surface area contributed by atoms with Gasteiger partial charge < -0.3 is 0 Å². The predicted molar refractivity (Wildman–Crippen MR) is 53.2 cm³/mol. The van der Waals surface area contributed by atoms with Gasteiger partial charge in [0.15, 0.2) is 9.80 Å². The first kappa shape index (κ1) is 12.9. The average molecular weight is 277 g/mol. The molecule has 0 aliphatic carbocycles. The van der Waals surface area contributed by atoms with Crippen molar-refractivity contribution in [2.24, 2.45) is 0 Å². The molecular formula is C6H9ClO4S3. The minimum absolute atomic E-state index is 0.819. The van der Waals surface area contributed by atoms with E-state index < -0.39 is 20.0 Å². The third kappa shape index (κ3) is 3.14. The van der Waals surface area contributed by atoms with Crippen LogP contribution in [0.5, 0.6) is 0 Å². The maximum atomic E-state index is 10.4. The third-order valence-electron chi connectivity index (χ3n) is 1.51. The number of allylic oxidation sites excluding steroid dienone is 1. The number of halogens is 1. The molecule has 0 fully saturated rings. The van der Waals surface area contributed by atoms with E-state index in [1.54, 1.807) is 0 Å². The van der Waals surface area contributed by atoms with Gasteiger partial charge in [-0.1, -0.05) is 0 Å². The van der Waals surface area contributed by atoms with Crippen LogP contribution in [0, 0.1) is 10.2 Å². The van der Waals surface area contributed by atoms with Gasteiger partial charge in [0.25, 0.3) is 0 Å². The second-order valence-corrected chi connectivity index (χ2v) is 7.83. The van der Waals surface area contributed by atoms with Gasteiger partial charge in [-0.3, -0.25) is 0 Å². The molecule has 8 heteroatoms. The van der Waals surface area contributed by atoms with Gasteiger partial charge in [0, 0.05) is 0 Å². The summed E-state index contributed by atoms with van der Waals surface area (Å²) in [5, 5.41) is 0. The van der Waals surface area contributed by atoms with E-state index in [-0.39, 0.29) is 0 Å². The molecule has 0 bridgehead atoms. The number of hydrogen-bond donors (Lipinski definition) is 0. The molecule has 0 radical (unpaired) electrons. The standard InChI is InChI=1S/C6H9ClO4S3/c1-4-5(2)13-14(6(4)12-3)11-7(8,9)10/h1-3H3. The topological polar surface area (TPSA) is 78.4 Å². The zero-order valence-electron chi connectivity index (χ0n) is 7.74. The molecule has 1 atom stereocenters. The highest BCUT2D eigenvalue weighted by Crippen LogP contribution is 2.50. The van der Waals surface area contributed by atoms with Crippen LogP contribution in [0.2, 0.25) is 0 Å². The summed E-state index contributed by atoms with van der Waals surface area (Å²) < 4.78 is 36.5. The summed E-state index contributed by atoms with van der Waals surface area (Å²) in [5.41, 5.74) is 1.00. The van der Waals surface area contributed by atoms with Crippen LogP contribution in [-0.2, 0) is 3.74 Å². The molecule has 82 valence electrons. The second-order valence-electron chi connectivity index (χ2n) is 2.43. The lowest BCUT2D eigenvalue weighted by molar-refractivity contribution is -1.91. The molecule has 1 aliphatic heterocycles. The van der Waals surface area contributed by atoms with Crippen molar-refractivity contribution < 1.29 is 28.0 Å². The SMILES string of the molecule is CSC1=S(O[Cl+3]([O-])([O-])[O-])SC(C)=C1C. The molecular weight excluding hydrogens is 268 g/mol. The molecule has 1 heterocycles. The van der Waals surface area contributed by atoms with E-state index in [0.717, 1.165) is 14.7 Å². The lowest BCUT2D eigenvalue weighted by Gasteiger charge is -2.12. The van der Waals surface area contributed by atoms with Gasteiger partial charge in [-0.2, -0.15) is 14.0 Å². The molecule has 1 aliphatic rings. The highest BCUT2D eigenvalue weighted by atomic mass is 35.7. The lowest BCUT2D eigenvalue weighted by atomic mass is 10.3. The number of thioether (sulfide) groups is 1. The van der Waals surface area contributed by atoms with Crippen molar-refractivity contribution in [3.8, 4) is 0 Å². The summed E-state index contributed by atoms with van der Waals surface area (Å²) in [6, 6.07) is 0. The van der Waals surface area contributed by atoms with Gasteiger partial charge >= 0.3 is 0 Å². The van der Waals surface area contributed by atoms with Crippen LogP contribution in [0.15, 0.2) is 10.5 Å². The Balaban J connectivity index is 2.87. The van der Waals surface area contributed by atoms with Gasteiger partial charge in [0.1, 0.15) is 3.74 Å². The van der Waals surface area contributed by atoms with E-state index in [0.29, 0.717) is 0 Å². The molecule has 0 aromatic rings. The van der Waals surface area contributed by atoms with Crippen molar-refractivity contribution >= 4 is 36.5 Å². The molecule has 0 spiro atoms. The van der Waals surface area contributed by atoms with Crippen LogP contribution >= 0.6 is 32.4 Å². The highest BCUT2D eigenvalue weighted by Gasteiger charge is 2.31. The molecule has 14 heavy (non-hydrogen) atoms. The molecule has 1 unspecified atom stereocenters. The van der Waals surface area contributed by atoms with Crippen LogP contribution < -0.4 is 14.0 Å². The van der Waals surface area contributed by atoms with Crippen molar-refractivity contribution in [1.82, 2.24) is 0 Å². The third-order valence-corrected chi connectivity index (χ3v) is 8.01. The molecule has 4 nitrogen and oxygen atoms in total. The van der Waals surface area contributed by atoms with Crippen LogP contribution in [0.25, 0.3) is 0 Å². The number of rotatable bonds is 2. The van der Waals surface area contributed by atoms with E-state index in [1.807, 2.05) is 20.1 Å². The Hall–Kier alpha value is 0.790. The van der Waals surface area contributed by atoms with Crippen molar-refractivity contribution in [2.75, 3.05) is 6.26 Å². The summed E-state index contributed by atoms with van der Waals surface area (Å²) in [5.74, 6) is 0. The molecule has 1 rings (SSSR count). The minimum Gasteiger partial charge on any atom is -0.182 e. The van der Waals surface area contributed by atoms with E-state index in [9.17, 15) is 14.0 Å². The summed E-state index contributed by atoms with van der Waals surface area (Å²) in [4.78, 5) is 0.997. The number of hydrogen-bond acceptors (Lipinski definition) is 6. The first-order valence-corrected chi connectivity index (χ1v) is 8.41. The fourth-order valence-electron chi connectivity index (χ4n) is 0.815. The van der Waals surface area contributed by atoms with Crippen LogP contribution in [0.3, 0.4) is 0 Å². The zero-order chi connectivity index (χ0) is 10.9. The van der Waals surface area contributed by atoms with Gasteiger partial charge in [-0.25, -0.2) is 0 Å². The fourth-order valence-corrected chi connectivity index (χ4v) is 7.38. The van der Waals surface area contributed by atoms with Crippen LogP contribution in [0.4, 0.5) is 0 Å². The summed E-state index contributed by atoms with van der Waals surface area (Å²) in [7, 11) is -4.06.